The summed E-state index contributed by atoms with van der Waals surface area (Å²) >= 11 is 3.67. The Morgan fingerprint density at radius 1 is 0.631 bits per heavy atom. The largest absolute Gasteiger partial charge is 0.497 e. The van der Waals surface area contributed by atoms with E-state index in [-0.39, 0.29) is 5.88 Å². The van der Waals surface area contributed by atoms with E-state index in [4.69, 9.17) is 19.5 Å². The molecule has 1 atom stereocenters. The van der Waals surface area contributed by atoms with E-state index in [2.05, 4.69) is 116 Å². The quantitative estimate of drug-likeness (QED) is 0.109. The number of nitrogens with zero attached hydrogens (tertiary/aromatic N) is 1. The number of aryl methyl sites for hydroxylation is 3. The molecule has 7 nitrogen and oxygen atoms in total. The standard InChI is InChI=1S/C23H21NO2S2.C23H22OS.C8H11BO3/c1-16-7-10-21(11-8-16)28(25,26)15-24-17(2)18-9-12-23-20(13-18)14-19-5-3-4-6-22(19)27-23;1-15-8-9-18(14-21(15)24-3)16(2)17-10-11-23-20(12-17)13-19-6-4-5-7-22(19)25-23;1-6-3-4-7(9(10)11)5-8(6)12-2/h3-13H,14-15H2,1-2H3;4-12,14,16H,13H2,1-3H3;3-5,10-11H,1-2H3. The predicted octanol–water partition coefficient (Wildman–Crippen LogP) is 11.2. The van der Waals surface area contributed by atoms with Crippen LogP contribution in [0.4, 0.5) is 0 Å². The molecular formula is C54H54BNO6S3. The number of rotatable bonds is 9. The number of hydrogen-bond donors (Lipinski definition) is 2. The lowest BCUT2D eigenvalue weighted by atomic mass is 9.80. The summed E-state index contributed by atoms with van der Waals surface area (Å²) in [5.41, 5.74) is 13.5. The molecule has 2 aliphatic rings. The van der Waals surface area contributed by atoms with Gasteiger partial charge in [0.15, 0.2) is 9.84 Å². The molecule has 7 aromatic carbocycles. The van der Waals surface area contributed by atoms with Gasteiger partial charge in [-0.1, -0.05) is 127 Å². The highest BCUT2D eigenvalue weighted by Gasteiger charge is 2.20. The fourth-order valence-electron chi connectivity index (χ4n) is 7.68. The molecule has 0 spiro atoms. The molecule has 0 saturated heterocycles. The molecule has 332 valence electrons. The molecule has 1 unspecified atom stereocenters. The van der Waals surface area contributed by atoms with E-state index in [9.17, 15) is 8.42 Å². The topological polar surface area (TPSA) is 105 Å². The van der Waals surface area contributed by atoms with Gasteiger partial charge in [-0.2, -0.15) is 0 Å². The minimum absolute atomic E-state index is 0.240. The van der Waals surface area contributed by atoms with Crippen LogP contribution in [0.15, 0.2) is 175 Å². The average Bonchev–Trinajstić information content (AvgIpc) is 3.32. The lowest BCUT2D eigenvalue weighted by Crippen LogP contribution is -2.29. The fourth-order valence-corrected chi connectivity index (χ4v) is 10.9. The minimum Gasteiger partial charge on any atom is -0.497 e. The van der Waals surface area contributed by atoms with Gasteiger partial charge in [-0.3, -0.25) is 4.99 Å². The Morgan fingerprint density at radius 2 is 1.14 bits per heavy atom. The highest BCUT2D eigenvalue weighted by atomic mass is 32.2. The number of methoxy groups -OCH3 is 2. The van der Waals surface area contributed by atoms with Crippen LogP contribution in [0, 0.1) is 20.8 Å². The highest BCUT2D eigenvalue weighted by molar-refractivity contribution is 7.99. The lowest BCUT2D eigenvalue weighted by molar-refractivity contribution is 0.409. The maximum Gasteiger partial charge on any atom is 0.488 e. The van der Waals surface area contributed by atoms with Gasteiger partial charge in [0, 0.05) is 31.2 Å². The summed E-state index contributed by atoms with van der Waals surface area (Å²) < 4.78 is 35.6. The van der Waals surface area contributed by atoms with Crippen LogP contribution >= 0.6 is 23.5 Å². The number of ether oxygens (including phenoxy) is 2. The van der Waals surface area contributed by atoms with Gasteiger partial charge in [-0.25, -0.2) is 8.42 Å². The van der Waals surface area contributed by atoms with Crippen molar-refractivity contribution in [1.82, 2.24) is 0 Å². The fraction of sp³-hybridized carbons (Fsp3) is 0.204. The summed E-state index contributed by atoms with van der Waals surface area (Å²) in [6.07, 6.45) is 1.91. The molecule has 7 aromatic rings. The number of benzene rings is 7. The van der Waals surface area contributed by atoms with Crippen molar-refractivity contribution in [2.75, 3.05) is 20.1 Å². The van der Waals surface area contributed by atoms with E-state index in [0.717, 1.165) is 41.0 Å². The molecule has 2 heterocycles. The molecule has 2 N–H and O–H groups in total. The van der Waals surface area contributed by atoms with Gasteiger partial charge in [-0.05, 0) is 151 Å². The summed E-state index contributed by atoms with van der Waals surface area (Å²) in [5, 5.41) is 17.7. The van der Waals surface area contributed by atoms with Crippen molar-refractivity contribution in [2.45, 2.75) is 77.9 Å². The third-order valence-electron chi connectivity index (χ3n) is 11.7. The Labute approximate surface area is 393 Å². The maximum atomic E-state index is 12.5. The molecule has 0 saturated carbocycles. The Kier molecular flexibility index (Phi) is 15.4. The molecule has 2 aliphatic heterocycles. The first-order valence-electron chi connectivity index (χ1n) is 21.5. The minimum atomic E-state index is -3.43. The van der Waals surface area contributed by atoms with Gasteiger partial charge >= 0.3 is 7.12 Å². The first-order chi connectivity index (χ1) is 31.2. The van der Waals surface area contributed by atoms with Crippen LogP contribution in [0.1, 0.15) is 75.4 Å². The van der Waals surface area contributed by atoms with Gasteiger partial charge in [-0.15, -0.1) is 0 Å². The van der Waals surface area contributed by atoms with E-state index in [1.54, 1.807) is 56.3 Å². The second-order valence-corrected chi connectivity index (χ2v) is 20.4. The second-order valence-electron chi connectivity index (χ2n) is 16.3. The van der Waals surface area contributed by atoms with E-state index >= 15 is 0 Å². The highest BCUT2D eigenvalue weighted by Crippen LogP contribution is 2.42. The van der Waals surface area contributed by atoms with Gasteiger partial charge in [0.25, 0.3) is 0 Å². The Morgan fingerprint density at radius 3 is 1.74 bits per heavy atom. The van der Waals surface area contributed by atoms with Crippen LogP contribution in [0.2, 0.25) is 0 Å². The van der Waals surface area contributed by atoms with E-state index < -0.39 is 17.0 Å². The van der Waals surface area contributed by atoms with Crippen molar-refractivity contribution in [3.8, 4) is 11.5 Å². The molecule has 0 amide bonds. The SMILES string of the molecule is CC(=NCS(=O)(=O)c1ccc(C)cc1)c1ccc2c(c1)Cc1ccccc1S2.COc1cc(B(O)O)ccc1C.COc1cc(C(C)c2ccc3c(c2)Cc2ccccc2S3)ccc1C. The molecule has 11 heteroatoms. The number of aliphatic imine (C=N–C) groups is 1. The molecule has 0 fully saturated rings. The summed E-state index contributed by atoms with van der Waals surface area (Å²) in [6, 6.07) is 48.9. The summed E-state index contributed by atoms with van der Waals surface area (Å²) in [6.45, 7) is 10.1. The van der Waals surface area contributed by atoms with Crippen LogP contribution in [-0.2, 0) is 22.7 Å². The monoisotopic (exact) mass is 919 g/mol. The molecule has 9 rings (SSSR count). The number of hydrogen-bond acceptors (Lipinski definition) is 9. The van der Waals surface area contributed by atoms with Crippen molar-refractivity contribution in [3.63, 3.8) is 0 Å². The summed E-state index contributed by atoms with van der Waals surface area (Å²) in [5.74, 6) is 1.74. The van der Waals surface area contributed by atoms with Crippen molar-refractivity contribution in [3.05, 3.63) is 201 Å². The molecule has 0 bridgehead atoms. The predicted molar refractivity (Wildman–Crippen MR) is 268 cm³/mol. The number of sulfone groups is 1. The Bertz CT molecular complexity index is 2950. The lowest BCUT2D eigenvalue weighted by Gasteiger charge is -2.21. The van der Waals surface area contributed by atoms with Crippen molar-refractivity contribution >= 4 is 51.7 Å². The summed E-state index contributed by atoms with van der Waals surface area (Å²) in [4.78, 5) is 10.0. The number of fused-ring (bicyclic) bond motifs is 4. The Balaban J connectivity index is 0.000000157. The maximum absolute atomic E-state index is 12.5. The zero-order valence-electron chi connectivity index (χ0n) is 37.8. The molecule has 0 aromatic heterocycles. The second kappa shape index (κ2) is 21.2. The van der Waals surface area contributed by atoms with Crippen LogP contribution in [0.25, 0.3) is 0 Å². The van der Waals surface area contributed by atoms with Crippen LogP contribution in [-0.4, -0.2) is 51.4 Å². The zero-order valence-corrected chi connectivity index (χ0v) is 40.3. The first-order valence-corrected chi connectivity index (χ1v) is 24.7. The summed E-state index contributed by atoms with van der Waals surface area (Å²) in [7, 11) is -1.57. The van der Waals surface area contributed by atoms with Crippen molar-refractivity contribution in [1.29, 1.82) is 0 Å². The molecular weight excluding hydrogens is 866 g/mol. The first kappa shape index (κ1) is 47.4. The van der Waals surface area contributed by atoms with Gasteiger partial charge < -0.3 is 19.5 Å². The molecule has 65 heavy (non-hydrogen) atoms. The third kappa shape index (κ3) is 11.6. The van der Waals surface area contributed by atoms with Gasteiger partial charge in [0.05, 0.1) is 19.1 Å². The zero-order chi connectivity index (χ0) is 46.3. The van der Waals surface area contributed by atoms with Crippen molar-refractivity contribution < 1.29 is 27.9 Å². The van der Waals surface area contributed by atoms with Crippen LogP contribution in [0.3, 0.4) is 0 Å². The average molecular weight is 920 g/mol. The van der Waals surface area contributed by atoms with E-state index in [0.29, 0.717) is 22.0 Å². The van der Waals surface area contributed by atoms with Gasteiger partial charge in [0.1, 0.15) is 17.4 Å². The van der Waals surface area contributed by atoms with Gasteiger partial charge in [0.2, 0.25) is 0 Å². The van der Waals surface area contributed by atoms with Crippen LogP contribution < -0.4 is 14.9 Å². The van der Waals surface area contributed by atoms with E-state index in [1.807, 2.05) is 50.7 Å². The molecule has 0 aliphatic carbocycles. The smallest absolute Gasteiger partial charge is 0.488 e. The third-order valence-corrected chi connectivity index (χ3v) is 15.7. The normalized spacial score (nSPS) is 13.0. The van der Waals surface area contributed by atoms with Crippen molar-refractivity contribution in [2.24, 2.45) is 4.99 Å². The van der Waals surface area contributed by atoms with E-state index in [1.165, 1.54) is 58.5 Å². The van der Waals surface area contributed by atoms with Crippen LogP contribution in [0.5, 0.6) is 11.5 Å². The molecule has 0 radical (unpaired) electrons. The Hall–Kier alpha value is -5.56.